The summed E-state index contributed by atoms with van der Waals surface area (Å²) in [6.45, 7) is 4.23. The van der Waals surface area contributed by atoms with Gasteiger partial charge in [-0.05, 0) is 74.5 Å². The molecule has 0 N–H and O–H groups in total. The number of benzene rings is 5. The number of para-hydroxylation sites is 6. The second kappa shape index (κ2) is 9.39. The normalized spacial score (nSPS) is 13.4. The largest absolute Gasteiger partial charge is 0.453 e. The minimum absolute atomic E-state index is 0.817. The summed E-state index contributed by atoms with van der Waals surface area (Å²) in [6.07, 6.45) is 3.88. The van der Waals surface area contributed by atoms with Gasteiger partial charge in [0, 0.05) is 33.6 Å². The van der Waals surface area contributed by atoms with Crippen molar-refractivity contribution in [1.29, 1.82) is 0 Å². The Morgan fingerprint density at radius 3 is 1.70 bits per heavy atom. The molecule has 0 radical (unpaired) electrons. The molecule has 2 aliphatic rings. The van der Waals surface area contributed by atoms with E-state index in [0.717, 1.165) is 79.3 Å². The molecular weight excluding hydrogens is 589 g/mol. The molecule has 0 aliphatic carbocycles. The molecule has 0 unspecified atom stereocenters. The van der Waals surface area contributed by atoms with Crippen LogP contribution in [0.2, 0.25) is 0 Å². The summed E-state index contributed by atoms with van der Waals surface area (Å²) in [5.74, 6) is 1.63. The number of fused-ring (bicyclic) bond motifs is 10. The molecule has 0 saturated carbocycles. The Bertz CT molecular complexity index is 2460. The standard InChI is InChI=1S/C38H26N6OS/c1-23-21-39-37-38-40-22-24(2)42(38)36-30(41(23)37)19-25(43-26-11-3-7-15-32(26)45-33-16-8-4-12-27(33)43)20-31(36)44-28-13-5-9-17-34(28)46-35-18-10-6-14-29(35)44/h3-22H,1-2H3. The van der Waals surface area contributed by atoms with E-state index >= 15 is 0 Å². The second-order valence-electron chi connectivity index (χ2n) is 11.7. The minimum Gasteiger partial charge on any atom is -0.453 e. The Morgan fingerprint density at radius 1 is 0.543 bits per heavy atom. The van der Waals surface area contributed by atoms with E-state index in [1.54, 1.807) is 0 Å². The zero-order valence-corrected chi connectivity index (χ0v) is 25.9. The van der Waals surface area contributed by atoms with E-state index in [9.17, 15) is 0 Å². The number of hydrogen-bond acceptors (Lipinski definition) is 6. The van der Waals surface area contributed by atoms with E-state index in [1.165, 1.54) is 9.79 Å². The van der Waals surface area contributed by atoms with Crippen LogP contribution in [0.25, 0.3) is 22.3 Å². The molecule has 10 rings (SSSR count). The molecule has 0 amide bonds. The van der Waals surface area contributed by atoms with Gasteiger partial charge in [-0.3, -0.25) is 8.80 Å². The maximum absolute atomic E-state index is 6.41. The van der Waals surface area contributed by atoms with Crippen LogP contribution in [0.5, 0.6) is 11.5 Å². The van der Waals surface area contributed by atoms with Gasteiger partial charge in [0.2, 0.25) is 0 Å². The summed E-state index contributed by atoms with van der Waals surface area (Å²) in [5, 5.41) is 0. The summed E-state index contributed by atoms with van der Waals surface area (Å²) in [6, 6.07) is 38.4. The van der Waals surface area contributed by atoms with Gasteiger partial charge in [-0.15, -0.1) is 0 Å². The first kappa shape index (κ1) is 25.6. The van der Waals surface area contributed by atoms with Gasteiger partial charge >= 0.3 is 0 Å². The average Bonchev–Trinajstić information content (AvgIpc) is 3.68. The van der Waals surface area contributed by atoms with Crippen molar-refractivity contribution in [3.63, 3.8) is 0 Å². The lowest BCUT2D eigenvalue weighted by atomic mass is 10.1. The predicted molar refractivity (Wildman–Crippen MR) is 184 cm³/mol. The summed E-state index contributed by atoms with van der Waals surface area (Å²) in [5.41, 5.74) is 12.2. The van der Waals surface area contributed by atoms with Crippen LogP contribution in [0.4, 0.5) is 34.1 Å². The minimum atomic E-state index is 0.817. The molecule has 0 fully saturated rings. The maximum atomic E-state index is 6.41. The zero-order valence-electron chi connectivity index (χ0n) is 25.0. The van der Waals surface area contributed by atoms with Crippen LogP contribution in [-0.4, -0.2) is 18.8 Å². The molecule has 220 valence electrons. The van der Waals surface area contributed by atoms with E-state index in [0.29, 0.717) is 0 Å². The lowest BCUT2D eigenvalue weighted by Gasteiger charge is -2.36. The first-order valence-corrected chi connectivity index (χ1v) is 16.1. The zero-order chi connectivity index (χ0) is 30.5. The van der Waals surface area contributed by atoms with Crippen molar-refractivity contribution in [3.8, 4) is 11.5 Å². The van der Waals surface area contributed by atoms with Crippen molar-refractivity contribution in [2.24, 2.45) is 0 Å². The molecule has 0 spiro atoms. The van der Waals surface area contributed by atoms with Gasteiger partial charge in [0.05, 0.1) is 45.2 Å². The second-order valence-corrected chi connectivity index (χ2v) is 12.8. The molecule has 5 aromatic carbocycles. The number of ether oxygens (including phenoxy) is 1. The molecule has 46 heavy (non-hydrogen) atoms. The number of nitrogens with zero attached hydrogens (tertiary/aromatic N) is 6. The molecule has 0 atom stereocenters. The fourth-order valence-electron chi connectivity index (χ4n) is 7.01. The smallest absolute Gasteiger partial charge is 0.181 e. The number of aromatic nitrogens is 4. The monoisotopic (exact) mass is 614 g/mol. The van der Waals surface area contributed by atoms with Crippen molar-refractivity contribution in [3.05, 3.63) is 133 Å². The van der Waals surface area contributed by atoms with Crippen LogP contribution in [0.3, 0.4) is 0 Å². The lowest BCUT2D eigenvalue weighted by molar-refractivity contribution is 0.477. The molecule has 0 bridgehead atoms. The highest BCUT2D eigenvalue weighted by molar-refractivity contribution is 7.99. The molecule has 8 aromatic rings. The molecule has 0 saturated heterocycles. The van der Waals surface area contributed by atoms with Crippen molar-refractivity contribution < 1.29 is 4.74 Å². The Labute approximate surface area is 268 Å². The Balaban J connectivity index is 1.40. The van der Waals surface area contributed by atoms with Crippen LogP contribution in [0.15, 0.2) is 131 Å². The third-order valence-electron chi connectivity index (χ3n) is 8.96. The SMILES string of the molecule is Cc1cnc2c3ncc(C)n3c3c(N4c5ccccc5Sc5ccccc54)cc(N4c5ccccc5Oc5ccccc54)cc3n12. The van der Waals surface area contributed by atoms with Gasteiger partial charge in [-0.2, -0.15) is 0 Å². The van der Waals surface area contributed by atoms with Crippen LogP contribution < -0.4 is 14.5 Å². The average molecular weight is 615 g/mol. The van der Waals surface area contributed by atoms with E-state index < -0.39 is 0 Å². The first-order valence-electron chi connectivity index (χ1n) is 15.3. The van der Waals surface area contributed by atoms with Crippen molar-refractivity contribution >= 4 is 68.2 Å². The number of hydrogen-bond donors (Lipinski definition) is 0. The Hall–Kier alpha value is -5.73. The first-order chi connectivity index (χ1) is 22.7. The van der Waals surface area contributed by atoms with Crippen LogP contribution in [-0.2, 0) is 0 Å². The van der Waals surface area contributed by atoms with Crippen LogP contribution >= 0.6 is 11.8 Å². The van der Waals surface area contributed by atoms with Crippen molar-refractivity contribution in [2.45, 2.75) is 23.6 Å². The van der Waals surface area contributed by atoms with Gasteiger partial charge < -0.3 is 14.5 Å². The summed E-state index contributed by atoms with van der Waals surface area (Å²) in [4.78, 5) is 16.9. The molecule has 2 aliphatic heterocycles. The summed E-state index contributed by atoms with van der Waals surface area (Å²) < 4.78 is 10.9. The lowest BCUT2D eigenvalue weighted by Crippen LogP contribution is -2.19. The molecule has 3 aromatic heterocycles. The number of imidazole rings is 2. The fourth-order valence-corrected chi connectivity index (χ4v) is 8.07. The number of aryl methyl sites for hydroxylation is 2. The van der Waals surface area contributed by atoms with Crippen molar-refractivity contribution in [1.82, 2.24) is 18.8 Å². The molecule has 8 heteroatoms. The predicted octanol–water partition coefficient (Wildman–Crippen LogP) is 10.3. The fraction of sp³-hybridized carbons (Fsp3) is 0.0526. The highest BCUT2D eigenvalue weighted by atomic mass is 32.2. The summed E-state index contributed by atoms with van der Waals surface area (Å²) in [7, 11) is 0. The van der Waals surface area contributed by atoms with Crippen LogP contribution in [0, 0.1) is 13.8 Å². The van der Waals surface area contributed by atoms with E-state index in [1.807, 2.05) is 48.4 Å². The van der Waals surface area contributed by atoms with E-state index in [4.69, 9.17) is 14.7 Å². The van der Waals surface area contributed by atoms with Gasteiger partial charge in [-0.1, -0.05) is 60.3 Å². The summed E-state index contributed by atoms with van der Waals surface area (Å²) >= 11 is 1.81. The molecular formula is C38H26N6OS. The Morgan fingerprint density at radius 2 is 1.07 bits per heavy atom. The third kappa shape index (κ3) is 3.44. The van der Waals surface area contributed by atoms with Gasteiger partial charge in [0.15, 0.2) is 22.8 Å². The van der Waals surface area contributed by atoms with Gasteiger partial charge in [-0.25, -0.2) is 9.97 Å². The van der Waals surface area contributed by atoms with Gasteiger partial charge in [0.1, 0.15) is 0 Å². The third-order valence-corrected chi connectivity index (χ3v) is 10.1. The van der Waals surface area contributed by atoms with Crippen molar-refractivity contribution in [2.75, 3.05) is 9.80 Å². The highest BCUT2D eigenvalue weighted by Gasteiger charge is 2.31. The highest BCUT2D eigenvalue weighted by Crippen LogP contribution is 2.55. The quantitative estimate of drug-likeness (QED) is 0.193. The van der Waals surface area contributed by atoms with Gasteiger partial charge in [0.25, 0.3) is 0 Å². The number of rotatable bonds is 2. The van der Waals surface area contributed by atoms with E-state index in [2.05, 4.69) is 117 Å². The Kier molecular flexibility index (Phi) is 5.22. The molecule has 7 nitrogen and oxygen atoms in total. The number of anilines is 6. The topological polar surface area (TPSA) is 50.3 Å². The molecule has 5 heterocycles. The van der Waals surface area contributed by atoms with E-state index in [-0.39, 0.29) is 0 Å². The van der Waals surface area contributed by atoms with Crippen LogP contribution in [0.1, 0.15) is 11.4 Å². The maximum Gasteiger partial charge on any atom is 0.181 e.